The number of fused-ring (bicyclic) bond motifs is 2. The van der Waals surface area contributed by atoms with Crippen molar-refractivity contribution < 1.29 is 13.9 Å². The van der Waals surface area contributed by atoms with Crippen molar-refractivity contribution in [1.82, 2.24) is 5.32 Å². The second kappa shape index (κ2) is 6.37. The Morgan fingerprint density at radius 2 is 2.00 bits per heavy atom. The van der Waals surface area contributed by atoms with Crippen LogP contribution in [0.1, 0.15) is 28.4 Å². The van der Waals surface area contributed by atoms with Crippen LogP contribution >= 0.6 is 15.9 Å². The number of ether oxygens (including phenoxy) is 1. The predicted octanol–water partition coefficient (Wildman–Crippen LogP) is 3.81. The average molecular weight is 400 g/mol. The first-order valence-corrected chi connectivity index (χ1v) is 8.68. The number of carbonyl (C=O) groups is 1. The summed E-state index contributed by atoms with van der Waals surface area (Å²) in [5, 5.41) is 3.61. The van der Waals surface area contributed by atoms with E-state index < -0.39 is 11.5 Å². The number of para-hydroxylation sites is 2. The van der Waals surface area contributed by atoms with E-state index in [4.69, 9.17) is 9.15 Å². The van der Waals surface area contributed by atoms with Crippen molar-refractivity contribution in [2.45, 2.75) is 12.5 Å². The fourth-order valence-corrected chi connectivity index (χ4v) is 3.46. The largest absolute Gasteiger partial charge is 0.493 e. The van der Waals surface area contributed by atoms with Crippen molar-refractivity contribution in [3.05, 3.63) is 74.6 Å². The van der Waals surface area contributed by atoms with E-state index >= 15 is 0 Å². The molecule has 1 N–H and O–H groups in total. The summed E-state index contributed by atoms with van der Waals surface area (Å²) in [6.07, 6.45) is 0.646. The van der Waals surface area contributed by atoms with E-state index in [0.717, 1.165) is 11.3 Å². The quantitative estimate of drug-likeness (QED) is 0.665. The Balaban J connectivity index is 1.67. The summed E-state index contributed by atoms with van der Waals surface area (Å²) in [6, 6.07) is 14.3. The van der Waals surface area contributed by atoms with Gasteiger partial charge in [0.15, 0.2) is 5.58 Å². The zero-order valence-electron chi connectivity index (χ0n) is 13.1. The SMILES string of the molecule is O=C(N[C@H]1CCOc2ccccc21)c1cc2cccc(Br)c2oc1=O. The van der Waals surface area contributed by atoms with Gasteiger partial charge >= 0.3 is 5.63 Å². The summed E-state index contributed by atoms with van der Waals surface area (Å²) in [5.41, 5.74) is 0.683. The summed E-state index contributed by atoms with van der Waals surface area (Å²) < 4.78 is 11.6. The highest BCUT2D eigenvalue weighted by molar-refractivity contribution is 9.10. The number of benzene rings is 2. The van der Waals surface area contributed by atoms with Crippen molar-refractivity contribution in [3.63, 3.8) is 0 Å². The summed E-state index contributed by atoms with van der Waals surface area (Å²) >= 11 is 3.34. The Bertz CT molecular complexity index is 1030. The fourth-order valence-electron chi connectivity index (χ4n) is 3.00. The summed E-state index contributed by atoms with van der Waals surface area (Å²) in [6.45, 7) is 0.515. The third kappa shape index (κ3) is 2.93. The van der Waals surface area contributed by atoms with Crippen LogP contribution in [0.15, 0.2) is 62.2 Å². The molecule has 0 aliphatic carbocycles. The molecule has 0 spiro atoms. The van der Waals surface area contributed by atoms with Gasteiger partial charge in [-0.25, -0.2) is 4.79 Å². The number of carbonyl (C=O) groups excluding carboxylic acids is 1. The Hall–Kier alpha value is -2.60. The van der Waals surface area contributed by atoms with Crippen LogP contribution in [-0.4, -0.2) is 12.5 Å². The fraction of sp³-hybridized carbons (Fsp3) is 0.158. The van der Waals surface area contributed by atoms with Crippen LogP contribution in [0.2, 0.25) is 0 Å². The monoisotopic (exact) mass is 399 g/mol. The summed E-state index contributed by atoms with van der Waals surface area (Å²) in [7, 11) is 0. The molecular weight excluding hydrogens is 386 g/mol. The lowest BCUT2D eigenvalue weighted by Gasteiger charge is -2.26. The zero-order valence-corrected chi connectivity index (χ0v) is 14.7. The van der Waals surface area contributed by atoms with Gasteiger partial charge in [0.1, 0.15) is 11.3 Å². The van der Waals surface area contributed by atoms with Gasteiger partial charge in [0.25, 0.3) is 5.91 Å². The highest BCUT2D eigenvalue weighted by atomic mass is 79.9. The smallest absolute Gasteiger partial charge is 0.349 e. The van der Waals surface area contributed by atoms with Gasteiger partial charge in [-0.3, -0.25) is 4.79 Å². The lowest BCUT2D eigenvalue weighted by Crippen LogP contribution is -2.34. The van der Waals surface area contributed by atoms with Crippen molar-refractivity contribution in [1.29, 1.82) is 0 Å². The molecule has 0 saturated carbocycles. The van der Waals surface area contributed by atoms with Crippen LogP contribution in [0.3, 0.4) is 0 Å². The van der Waals surface area contributed by atoms with Gasteiger partial charge in [-0.1, -0.05) is 30.3 Å². The van der Waals surface area contributed by atoms with E-state index in [1.54, 1.807) is 18.2 Å². The molecule has 0 radical (unpaired) electrons. The highest BCUT2D eigenvalue weighted by Crippen LogP contribution is 2.31. The topological polar surface area (TPSA) is 68.5 Å². The first-order chi connectivity index (χ1) is 12.1. The van der Waals surface area contributed by atoms with Gasteiger partial charge in [0, 0.05) is 17.4 Å². The van der Waals surface area contributed by atoms with E-state index in [9.17, 15) is 9.59 Å². The first kappa shape index (κ1) is 15.9. The van der Waals surface area contributed by atoms with E-state index in [2.05, 4.69) is 21.2 Å². The molecule has 5 nitrogen and oxygen atoms in total. The predicted molar refractivity (Wildman–Crippen MR) is 96.9 cm³/mol. The van der Waals surface area contributed by atoms with Gasteiger partial charge in [0.05, 0.1) is 17.1 Å². The van der Waals surface area contributed by atoms with Crippen LogP contribution in [-0.2, 0) is 0 Å². The molecule has 1 aliphatic rings. The van der Waals surface area contributed by atoms with Gasteiger partial charge in [-0.2, -0.15) is 0 Å². The van der Waals surface area contributed by atoms with Gasteiger partial charge in [0.2, 0.25) is 0 Å². The molecule has 126 valence electrons. The molecule has 1 aliphatic heterocycles. The second-order valence-electron chi connectivity index (χ2n) is 5.81. The molecule has 1 aromatic heterocycles. The maximum Gasteiger partial charge on any atom is 0.349 e. The van der Waals surface area contributed by atoms with Crippen molar-refractivity contribution in [2.24, 2.45) is 0 Å². The lowest BCUT2D eigenvalue weighted by atomic mass is 10.00. The molecule has 3 aromatic rings. The molecule has 6 heteroatoms. The maximum atomic E-state index is 12.6. The zero-order chi connectivity index (χ0) is 17.4. The third-order valence-electron chi connectivity index (χ3n) is 4.22. The molecule has 0 fully saturated rings. The van der Waals surface area contributed by atoms with Gasteiger partial charge in [-0.15, -0.1) is 0 Å². The van der Waals surface area contributed by atoms with E-state index in [1.807, 2.05) is 30.3 Å². The Kier molecular flexibility index (Phi) is 4.05. The lowest BCUT2D eigenvalue weighted by molar-refractivity contribution is 0.0921. The Labute approximate surface area is 151 Å². The van der Waals surface area contributed by atoms with Crippen LogP contribution < -0.4 is 15.7 Å². The Morgan fingerprint density at radius 1 is 1.16 bits per heavy atom. The van der Waals surface area contributed by atoms with Crippen molar-refractivity contribution >= 4 is 32.8 Å². The standard InChI is InChI=1S/C19H14BrNO4/c20-14-6-3-4-11-10-13(19(23)25-17(11)14)18(22)21-15-8-9-24-16-7-2-1-5-12(15)16/h1-7,10,15H,8-9H2,(H,21,22)/t15-/m0/s1. The van der Waals surface area contributed by atoms with Crippen LogP contribution in [0.25, 0.3) is 11.0 Å². The second-order valence-corrected chi connectivity index (χ2v) is 6.66. The molecule has 4 rings (SSSR count). The normalized spacial score (nSPS) is 16.1. The molecule has 2 aromatic carbocycles. The van der Waals surface area contributed by atoms with E-state index in [-0.39, 0.29) is 11.6 Å². The molecule has 1 atom stereocenters. The third-order valence-corrected chi connectivity index (χ3v) is 4.84. The number of nitrogens with one attached hydrogen (secondary N) is 1. The minimum atomic E-state index is -0.655. The molecule has 2 heterocycles. The molecule has 25 heavy (non-hydrogen) atoms. The highest BCUT2D eigenvalue weighted by Gasteiger charge is 2.24. The van der Waals surface area contributed by atoms with Crippen LogP contribution in [0.4, 0.5) is 0 Å². The maximum absolute atomic E-state index is 12.6. The van der Waals surface area contributed by atoms with E-state index in [1.165, 1.54) is 0 Å². The summed E-state index contributed by atoms with van der Waals surface area (Å²) in [4.78, 5) is 24.9. The number of amides is 1. The summed E-state index contributed by atoms with van der Waals surface area (Å²) in [5.74, 6) is 0.311. The number of halogens is 1. The minimum absolute atomic E-state index is 0.00503. The molecule has 0 bridgehead atoms. The molecular formula is C19H14BrNO4. The van der Waals surface area contributed by atoms with Crippen LogP contribution in [0, 0.1) is 0 Å². The molecule has 0 saturated heterocycles. The van der Waals surface area contributed by atoms with Gasteiger partial charge < -0.3 is 14.5 Å². The number of hydrogen-bond donors (Lipinski definition) is 1. The molecule has 0 unspecified atom stereocenters. The minimum Gasteiger partial charge on any atom is -0.493 e. The number of rotatable bonds is 2. The average Bonchev–Trinajstić information content (AvgIpc) is 2.62. The van der Waals surface area contributed by atoms with Gasteiger partial charge in [-0.05, 0) is 34.1 Å². The van der Waals surface area contributed by atoms with Crippen molar-refractivity contribution in [3.8, 4) is 5.75 Å². The van der Waals surface area contributed by atoms with Crippen LogP contribution in [0.5, 0.6) is 5.75 Å². The van der Waals surface area contributed by atoms with E-state index in [0.29, 0.717) is 28.5 Å². The van der Waals surface area contributed by atoms with Crippen molar-refractivity contribution in [2.75, 3.05) is 6.61 Å². The molecule has 1 amide bonds. The number of hydrogen-bond acceptors (Lipinski definition) is 4. The first-order valence-electron chi connectivity index (χ1n) is 7.88. The Morgan fingerprint density at radius 3 is 2.88 bits per heavy atom.